The van der Waals surface area contributed by atoms with Gasteiger partial charge in [0, 0.05) is 12.8 Å². The molecule has 314 valence electrons. The lowest BCUT2D eigenvalue weighted by Gasteiger charge is -2.20. The number of allylic oxidation sites excluding steroid dienone is 2. The molecule has 0 aromatic heterocycles. The second-order valence-corrected chi connectivity index (χ2v) is 16.1. The maximum atomic E-state index is 12.3. The summed E-state index contributed by atoms with van der Waals surface area (Å²) < 4.78 is 32.5. The lowest BCUT2D eigenvalue weighted by Crippen LogP contribution is -2.28. The highest BCUT2D eigenvalue weighted by atomic mass is 31.2. The third-order valence-corrected chi connectivity index (χ3v) is 10.4. The van der Waals surface area contributed by atoms with Crippen LogP contribution >= 0.6 is 7.82 Å². The zero-order valence-corrected chi connectivity index (χ0v) is 34.9. The number of carbonyl (C=O) groups is 2. The number of unbranched alkanes of at least 4 members (excludes halogenated alkanes) is 25. The lowest BCUT2D eigenvalue weighted by molar-refractivity contribution is -0.153. The fourth-order valence-corrected chi connectivity index (χ4v) is 6.89. The number of hydrogen-bond acceptors (Lipinski definition) is 9. The molecule has 0 heterocycles. The number of rotatable bonds is 41. The van der Waals surface area contributed by atoms with Gasteiger partial charge in [-0.15, -0.1) is 0 Å². The summed E-state index contributed by atoms with van der Waals surface area (Å²) >= 11 is 0. The Morgan fingerprint density at radius 3 is 1.08 bits per heavy atom. The molecule has 11 heteroatoms. The normalized spacial score (nSPS) is 14.0. The number of aliphatic hydroxyl groups excluding tert-OH is 2. The van der Waals surface area contributed by atoms with E-state index in [1.807, 2.05) is 0 Å². The Labute approximate surface area is 324 Å². The van der Waals surface area contributed by atoms with Crippen molar-refractivity contribution < 1.29 is 47.8 Å². The molecular formula is C42H81O10P. The van der Waals surface area contributed by atoms with E-state index in [4.69, 9.17) is 18.5 Å². The lowest BCUT2D eigenvalue weighted by atomic mass is 10.0. The van der Waals surface area contributed by atoms with Gasteiger partial charge in [0.25, 0.3) is 0 Å². The number of hydrogen-bond donors (Lipinski definition) is 3. The highest BCUT2D eigenvalue weighted by molar-refractivity contribution is 7.47. The fraction of sp³-hybridized carbons (Fsp3) is 0.905. The molecule has 0 radical (unpaired) electrons. The van der Waals surface area contributed by atoms with Crippen LogP contribution in [-0.2, 0) is 32.7 Å². The highest BCUT2D eigenvalue weighted by Gasteiger charge is 2.27. The molecule has 0 aliphatic heterocycles. The fourth-order valence-electron chi connectivity index (χ4n) is 6.11. The van der Waals surface area contributed by atoms with Crippen molar-refractivity contribution >= 4 is 19.8 Å². The standard InChI is InChI=1S/C42H81O10P/c1-3-5-7-9-11-13-15-17-18-19-20-21-22-24-26-28-30-32-34-42(46)52-40(36-44)38-50-53(47,48)49-37-39(35-43)51-41(45)33-31-29-27-25-23-16-14-12-10-8-6-4-2/h18-19,39-40,43-44H,3-17,20-38H2,1-2H3,(H,47,48)/b19-18-. The van der Waals surface area contributed by atoms with Gasteiger partial charge in [0.15, 0.2) is 0 Å². The second kappa shape index (κ2) is 39.0. The molecule has 0 spiro atoms. The SMILES string of the molecule is CCCCCCCCC/C=C\CCCCCCCCCC(=O)OC(CO)COP(=O)(O)OCC(CO)OC(=O)CCCCCCCCCCCCCC. The molecule has 53 heavy (non-hydrogen) atoms. The average Bonchev–Trinajstić information content (AvgIpc) is 3.14. The van der Waals surface area contributed by atoms with Crippen molar-refractivity contribution in [2.24, 2.45) is 0 Å². The molecular weight excluding hydrogens is 695 g/mol. The van der Waals surface area contributed by atoms with Gasteiger partial charge in [-0.1, -0.05) is 167 Å². The first-order valence-electron chi connectivity index (χ1n) is 21.6. The van der Waals surface area contributed by atoms with Crippen LogP contribution in [0.5, 0.6) is 0 Å². The topological polar surface area (TPSA) is 149 Å². The van der Waals surface area contributed by atoms with Gasteiger partial charge in [0.1, 0.15) is 12.2 Å². The van der Waals surface area contributed by atoms with Crippen LogP contribution in [0.25, 0.3) is 0 Å². The van der Waals surface area contributed by atoms with Crippen LogP contribution in [0, 0.1) is 0 Å². The first kappa shape index (κ1) is 51.7. The van der Waals surface area contributed by atoms with Gasteiger partial charge in [-0.05, 0) is 38.5 Å². The molecule has 0 rings (SSSR count). The van der Waals surface area contributed by atoms with Crippen LogP contribution in [0.3, 0.4) is 0 Å². The molecule has 0 aliphatic rings. The number of aliphatic hydroxyl groups is 2. The number of phosphoric ester groups is 1. The van der Waals surface area contributed by atoms with Crippen molar-refractivity contribution in [2.45, 2.75) is 219 Å². The summed E-state index contributed by atoms with van der Waals surface area (Å²) in [5, 5.41) is 19.1. The van der Waals surface area contributed by atoms with Gasteiger partial charge in [0.2, 0.25) is 0 Å². The number of ether oxygens (including phenoxy) is 2. The minimum absolute atomic E-state index is 0.191. The Hall–Kier alpha value is -1.29. The molecule has 0 saturated heterocycles. The van der Waals surface area contributed by atoms with Gasteiger partial charge in [-0.25, -0.2) is 4.57 Å². The zero-order valence-electron chi connectivity index (χ0n) is 34.0. The van der Waals surface area contributed by atoms with E-state index in [1.54, 1.807) is 0 Å². The maximum absolute atomic E-state index is 12.3. The Bertz CT molecular complexity index is 899. The highest BCUT2D eigenvalue weighted by Crippen LogP contribution is 2.43. The van der Waals surface area contributed by atoms with Crippen LogP contribution in [0.1, 0.15) is 206 Å². The van der Waals surface area contributed by atoms with E-state index in [0.717, 1.165) is 44.9 Å². The Balaban J connectivity index is 3.90. The van der Waals surface area contributed by atoms with Crippen molar-refractivity contribution in [3.63, 3.8) is 0 Å². The van der Waals surface area contributed by atoms with Crippen molar-refractivity contribution in [3.8, 4) is 0 Å². The van der Waals surface area contributed by atoms with Gasteiger partial charge in [0.05, 0.1) is 26.4 Å². The molecule has 3 atom stereocenters. The predicted molar refractivity (Wildman–Crippen MR) is 215 cm³/mol. The number of phosphoric acid groups is 1. The van der Waals surface area contributed by atoms with Crippen LogP contribution in [0.15, 0.2) is 12.2 Å². The summed E-state index contributed by atoms with van der Waals surface area (Å²) in [6.45, 7) is 2.21. The first-order valence-corrected chi connectivity index (χ1v) is 23.1. The van der Waals surface area contributed by atoms with Gasteiger partial charge < -0.3 is 24.6 Å². The molecule has 3 N–H and O–H groups in total. The van der Waals surface area contributed by atoms with Crippen molar-refractivity contribution in [1.82, 2.24) is 0 Å². The minimum atomic E-state index is -4.63. The van der Waals surface area contributed by atoms with Crippen molar-refractivity contribution in [2.75, 3.05) is 26.4 Å². The molecule has 0 saturated carbocycles. The maximum Gasteiger partial charge on any atom is 0.472 e. The van der Waals surface area contributed by atoms with Crippen molar-refractivity contribution in [3.05, 3.63) is 12.2 Å². The van der Waals surface area contributed by atoms with Crippen LogP contribution < -0.4 is 0 Å². The van der Waals surface area contributed by atoms with E-state index in [1.165, 1.54) is 122 Å². The third kappa shape index (κ3) is 37.4. The molecule has 0 aromatic rings. The van der Waals surface area contributed by atoms with Crippen LogP contribution in [0.4, 0.5) is 0 Å². The molecule has 10 nitrogen and oxygen atoms in total. The van der Waals surface area contributed by atoms with Gasteiger partial charge in [-0.3, -0.25) is 18.6 Å². The number of esters is 2. The minimum Gasteiger partial charge on any atom is -0.457 e. The summed E-state index contributed by atoms with van der Waals surface area (Å²) in [6, 6.07) is 0. The van der Waals surface area contributed by atoms with Crippen LogP contribution in [-0.4, -0.2) is 65.7 Å². The first-order chi connectivity index (χ1) is 25.8. The molecule has 0 fully saturated rings. The van der Waals surface area contributed by atoms with E-state index in [0.29, 0.717) is 12.8 Å². The molecule has 0 aromatic carbocycles. The molecule has 0 aliphatic carbocycles. The smallest absolute Gasteiger partial charge is 0.457 e. The van der Waals surface area contributed by atoms with E-state index >= 15 is 0 Å². The summed E-state index contributed by atoms with van der Waals surface area (Å²) in [5.41, 5.74) is 0. The predicted octanol–water partition coefficient (Wildman–Crippen LogP) is 11.2. The van der Waals surface area contributed by atoms with Crippen LogP contribution in [0.2, 0.25) is 0 Å². The van der Waals surface area contributed by atoms with Crippen molar-refractivity contribution in [1.29, 1.82) is 0 Å². The molecule has 0 amide bonds. The van der Waals surface area contributed by atoms with E-state index in [9.17, 15) is 29.3 Å². The third-order valence-electron chi connectivity index (χ3n) is 9.48. The Morgan fingerprint density at radius 2 is 0.774 bits per heavy atom. The quantitative estimate of drug-likeness (QED) is 0.0237. The Morgan fingerprint density at radius 1 is 0.491 bits per heavy atom. The summed E-state index contributed by atoms with van der Waals surface area (Å²) in [5.74, 6) is -1.02. The van der Waals surface area contributed by atoms with Gasteiger partial charge >= 0.3 is 19.8 Å². The monoisotopic (exact) mass is 777 g/mol. The average molecular weight is 777 g/mol. The molecule has 0 bridgehead atoms. The second-order valence-electron chi connectivity index (χ2n) is 14.7. The summed E-state index contributed by atoms with van der Waals surface area (Å²) in [6.07, 6.45) is 36.1. The zero-order chi connectivity index (χ0) is 39.1. The largest absolute Gasteiger partial charge is 0.472 e. The Kier molecular flexibility index (Phi) is 38.0. The molecule has 3 unspecified atom stereocenters. The summed E-state index contributed by atoms with van der Waals surface area (Å²) in [7, 11) is -4.63. The van der Waals surface area contributed by atoms with Gasteiger partial charge in [-0.2, -0.15) is 0 Å². The van der Waals surface area contributed by atoms with E-state index in [-0.39, 0.29) is 12.8 Å². The van der Waals surface area contributed by atoms with E-state index < -0.39 is 58.4 Å². The number of carbonyl (C=O) groups excluding carboxylic acids is 2. The summed E-state index contributed by atoms with van der Waals surface area (Å²) in [4.78, 5) is 34.5. The van der Waals surface area contributed by atoms with E-state index in [2.05, 4.69) is 26.0 Å².